The molecule has 1 aromatic rings. The van der Waals surface area contributed by atoms with E-state index in [1.807, 2.05) is 6.92 Å². The van der Waals surface area contributed by atoms with Crippen LogP contribution in [0.4, 0.5) is 5.69 Å². The Balaban J connectivity index is 2.69. The van der Waals surface area contributed by atoms with E-state index in [0.717, 1.165) is 0 Å². The van der Waals surface area contributed by atoms with Crippen LogP contribution >= 0.6 is 11.6 Å². The lowest BCUT2D eigenvalue weighted by Gasteiger charge is -2.11. The lowest BCUT2D eigenvalue weighted by Crippen LogP contribution is -2.23. The minimum Gasteiger partial charge on any atom is -0.455 e. The standard InChI is InChI=1S/C14H19ClN2O5S/c1-4-9(2)14(19)21-8-13(18)17-12-7-10(5-6-11(12)15)23(20)22-16-3/h5-7,9,16H,4,8H2,1-3H3,(H,17,18). The molecule has 0 heterocycles. The third-order valence-electron chi connectivity index (χ3n) is 2.92. The van der Waals surface area contributed by atoms with Gasteiger partial charge >= 0.3 is 5.97 Å². The summed E-state index contributed by atoms with van der Waals surface area (Å²) >= 11 is 4.24. The van der Waals surface area contributed by atoms with Crippen LogP contribution in [0.3, 0.4) is 0 Å². The third kappa shape index (κ3) is 6.26. The average molecular weight is 363 g/mol. The first-order chi connectivity index (χ1) is 10.9. The number of halogens is 1. The van der Waals surface area contributed by atoms with Gasteiger partial charge in [0.05, 0.1) is 21.5 Å². The van der Waals surface area contributed by atoms with Gasteiger partial charge in [-0.1, -0.05) is 25.4 Å². The molecule has 0 saturated carbocycles. The van der Waals surface area contributed by atoms with Gasteiger partial charge in [0, 0.05) is 7.05 Å². The number of anilines is 1. The van der Waals surface area contributed by atoms with Crippen molar-refractivity contribution in [2.75, 3.05) is 19.0 Å². The molecule has 2 N–H and O–H groups in total. The molecule has 1 amide bonds. The predicted octanol–water partition coefficient (Wildman–Crippen LogP) is 2.04. The molecule has 1 aromatic carbocycles. The first-order valence-electron chi connectivity index (χ1n) is 6.90. The Kier molecular flexibility index (Phi) is 8.18. The Bertz CT molecular complexity index is 597. The highest BCUT2D eigenvalue weighted by Crippen LogP contribution is 2.24. The second-order valence-electron chi connectivity index (χ2n) is 4.63. The fourth-order valence-electron chi connectivity index (χ4n) is 1.46. The highest BCUT2D eigenvalue weighted by molar-refractivity contribution is 7.80. The first kappa shape index (κ1) is 19.6. The van der Waals surface area contributed by atoms with Crippen molar-refractivity contribution in [2.45, 2.75) is 25.2 Å². The van der Waals surface area contributed by atoms with Gasteiger partial charge in [0.2, 0.25) is 11.1 Å². The van der Waals surface area contributed by atoms with Crippen molar-refractivity contribution in [3.8, 4) is 0 Å². The average Bonchev–Trinajstić information content (AvgIpc) is 2.54. The molecular formula is C14H19ClN2O5S. The molecule has 23 heavy (non-hydrogen) atoms. The maximum Gasteiger partial charge on any atom is 0.309 e. The maximum atomic E-state index is 11.8. The first-order valence-corrected chi connectivity index (χ1v) is 8.36. The fourth-order valence-corrected chi connectivity index (χ4v) is 2.27. The van der Waals surface area contributed by atoms with Gasteiger partial charge in [0.1, 0.15) is 0 Å². The van der Waals surface area contributed by atoms with Crippen molar-refractivity contribution in [3.63, 3.8) is 0 Å². The highest BCUT2D eigenvalue weighted by atomic mass is 35.5. The molecular weight excluding hydrogens is 344 g/mol. The number of hydroxylamine groups is 1. The number of carbonyl (C=O) groups excluding carboxylic acids is 2. The Labute approximate surface area is 142 Å². The van der Waals surface area contributed by atoms with Crippen molar-refractivity contribution in [3.05, 3.63) is 23.2 Å². The second-order valence-corrected chi connectivity index (χ2v) is 6.14. The minimum atomic E-state index is -1.74. The lowest BCUT2D eigenvalue weighted by molar-refractivity contribution is -0.151. The van der Waals surface area contributed by atoms with E-state index in [1.165, 1.54) is 25.2 Å². The molecule has 0 bridgehead atoms. The number of hydrogen-bond acceptors (Lipinski definition) is 6. The molecule has 0 aliphatic carbocycles. The van der Waals surface area contributed by atoms with Crippen LogP contribution in [0.25, 0.3) is 0 Å². The van der Waals surface area contributed by atoms with E-state index in [1.54, 1.807) is 6.92 Å². The number of ether oxygens (including phenoxy) is 1. The van der Waals surface area contributed by atoms with Gasteiger partial charge in [-0.25, -0.2) is 4.21 Å². The number of carbonyl (C=O) groups is 2. The van der Waals surface area contributed by atoms with Gasteiger partial charge in [-0.2, -0.15) is 9.76 Å². The second kappa shape index (κ2) is 9.61. The number of hydrogen-bond donors (Lipinski definition) is 2. The summed E-state index contributed by atoms with van der Waals surface area (Å²) in [6.07, 6.45) is 0.631. The van der Waals surface area contributed by atoms with Crippen LogP contribution in [-0.2, 0) is 29.7 Å². The van der Waals surface area contributed by atoms with E-state index in [0.29, 0.717) is 11.3 Å². The van der Waals surface area contributed by atoms with Crippen LogP contribution < -0.4 is 10.8 Å². The maximum absolute atomic E-state index is 11.8. The van der Waals surface area contributed by atoms with Crippen molar-refractivity contribution in [1.82, 2.24) is 5.48 Å². The summed E-state index contributed by atoms with van der Waals surface area (Å²) in [6.45, 7) is 3.15. The number of benzene rings is 1. The third-order valence-corrected chi connectivity index (χ3v) is 4.21. The van der Waals surface area contributed by atoms with E-state index in [9.17, 15) is 13.8 Å². The topological polar surface area (TPSA) is 93.7 Å². The summed E-state index contributed by atoms with van der Waals surface area (Å²) in [6, 6.07) is 4.41. The van der Waals surface area contributed by atoms with Gasteiger partial charge in [-0.05, 0) is 24.6 Å². The van der Waals surface area contributed by atoms with E-state index in [-0.39, 0.29) is 16.6 Å². The molecule has 0 aliphatic heterocycles. The quantitative estimate of drug-likeness (QED) is 0.543. The monoisotopic (exact) mass is 362 g/mol. The summed E-state index contributed by atoms with van der Waals surface area (Å²) in [4.78, 5) is 23.7. The smallest absolute Gasteiger partial charge is 0.309 e. The van der Waals surface area contributed by atoms with Crippen LogP contribution in [0.5, 0.6) is 0 Å². The van der Waals surface area contributed by atoms with Crippen molar-refractivity contribution < 1.29 is 22.8 Å². The SMILES string of the molecule is CCC(C)C(=O)OCC(=O)Nc1cc(S(=O)ONC)ccc1Cl. The van der Waals surface area contributed by atoms with Crippen LogP contribution in [0.15, 0.2) is 23.1 Å². The van der Waals surface area contributed by atoms with Gasteiger partial charge < -0.3 is 10.1 Å². The molecule has 7 nitrogen and oxygen atoms in total. The molecule has 0 fully saturated rings. The molecule has 2 atom stereocenters. The number of nitrogens with one attached hydrogen (secondary N) is 2. The Morgan fingerprint density at radius 3 is 2.70 bits per heavy atom. The predicted molar refractivity (Wildman–Crippen MR) is 87.0 cm³/mol. The molecule has 0 aliphatic rings. The van der Waals surface area contributed by atoms with E-state index >= 15 is 0 Å². The zero-order chi connectivity index (χ0) is 17.4. The van der Waals surface area contributed by atoms with Gasteiger partial charge in [-0.15, -0.1) is 0 Å². The van der Waals surface area contributed by atoms with Gasteiger partial charge in [0.25, 0.3) is 5.91 Å². The molecule has 1 rings (SSSR count). The molecule has 9 heteroatoms. The van der Waals surface area contributed by atoms with Crippen molar-refractivity contribution in [2.24, 2.45) is 5.92 Å². The molecule has 128 valence electrons. The van der Waals surface area contributed by atoms with E-state index < -0.39 is 29.6 Å². The molecule has 2 unspecified atom stereocenters. The van der Waals surface area contributed by atoms with Gasteiger partial charge in [0.15, 0.2) is 6.61 Å². The number of rotatable bonds is 8. The zero-order valence-corrected chi connectivity index (χ0v) is 14.6. The molecule has 0 spiro atoms. The van der Waals surface area contributed by atoms with Gasteiger partial charge in [-0.3, -0.25) is 9.59 Å². The van der Waals surface area contributed by atoms with E-state index in [2.05, 4.69) is 10.8 Å². The Morgan fingerprint density at radius 2 is 2.09 bits per heavy atom. The summed E-state index contributed by atoms with van der Waals surface area (Å²) in [5.41, 5.74) is 2.56. The van der Waals surface area contributed by atoms with Crippen molar-refractivity contribution >= 4 is 40.2 Å². The lowest BCUT2D eigenvalue weighted by atomic mass is 10.1. The number of amides is 1. The summed E-state index contributed by atoms with van der Waals surface area (Å²) in [5, 5.41) is 2.76. The molecule has 0 aromatic heterocycles. The molecule has 0 radical (unpaired) electrons. The van der Waals surface area contributed by atoms with E-state index in [4.69, 9.17) is 20.6 Å². The zero-order valence-electron chi connectivity index (χ0n) is 13.1. The summed E-state index contributed by atoms with van der Waals surface area (Å²) < 4.78 is 21.4. The summed E-state index contributed by atoms with van der Waals surface area (Å²) in [5.74, 6) is -1.25. The van der Waals surface area contributed by atoms with Crippen LogP contribution in [-0.4, -0.2) is 29.7 Å². The normalized spacial score (nSPS) is 13.2. The Morgan fingerprint density at radius 1 is 1.39 bits per heavy atom. The highest BCUT2D eigenvalue weighted by Gasteiger charge is 2.15. The number of esters is 1. The summed E-state index contributed by atoms with van der Waals surface area (Å²) in [7, 11) is 1.47. The fraction of sp³-hybridized carbons (Fsp3) is 0.429. The van der Waals surface area contributed by atoms with Crippen molar-refractivity contribution in [1.29, 1.82) is 0 Å². The largest absolute Gasteiger partial charge is 0.455 e. The molecule has 0 saturated heterocycles. The Hall–Kier alpha value is -1.48. The van der Waals surface area contributed by atoms with Crippen LogP contribution in [0.2, 0.25) is 5.02 Å². The minimum absolute atomic E-state index is 0.252. The van der Waals surface area contributed by atoms with Crippen LogP contribution in [0, 0.1) is 5.92 Å². The van der Waals surface area contributed by atoms with Crippen LogP contribution in [0.1, 0.15) is 20.3 Å².